The molecule has 1 heterocycles. The third-order valence-electron chi connectivity index (χ3n) is 0.956. The van der Waals surface area contributed by atoms with Crippen LogP contribution in [0.2, 0.25) is 0 Å². The van der Waals surface area contributed by atoms with Crippen LogP contribution in [0.25, 0.3) is 0 Å². The van der Waals surface area contributed by atoms with Crippen molar-refractivity contribution < 1.29 is 22.0 Å². The van der Waals surface area contributed by atoms with Crippen LogP contribution in [0.15, 0.2) is 0 Å². The van der Waals surface area contributed by atoms with Gasteiger partial charge >= 0.3 is 12.1 Å². The van der Waals surface area contributed by atoms with Crippen molar-refractivity contribution in [3.63, 3.8) is 0 Å². The van der Waals surface area contributed by atoms with Gasteiger partial charge in [-0.05, 0) is 0 Å². The summed E-state index contributed by atoms with van der Waals surface area (Å²) in [6.45, 7) is 0. The summed E-state index contributed by atoms with van der Waals surface area (Å²) in [6.07, 6.45) is -5.72. The van der Waals surface area contributed by atoms with Crippen LogP contribution in [0.5, 0.6) is 0 Å². The van der Waals surface area contributed by atoms with Crippen molar-refractivity contribution in [2.75, 3.05) is 0 Å². The third kappa shape index (κ3) is 1.21. The lowest BCUT2D eigenvalue weighted by Gasteiger charge is -2.18. The molecule has 4 nitrogen and oxygen atoms in total. The lowest BCUT2D eigenvalue weighted by molar-refractivity contribution is -0.292. The van der Waals surface area contributed by atoms with E-state index in [-0.39, 0.29) is 0 Å². The molecule has 12 heavy (non-hydrogen) atoms. The first-order chi connectivity index (χ1) is 5.36. The van der Waals surface area contributed by atoms with Crippen molar-refractivity contribution in [2.24, 2.45) is 0 Å². The molecular formula is C3F5N4-. The topological polar surface area (TPSA) is 52.8 Å². The maximum atomic E-state index is 12.2. The fraction of sp³-hybridized carbons (Fsp3) is 0.667. The van der Waals surface area contributed by atoms with Crippen LogP contribution in [-0.2, 0) is 5.92 Å². The number of aromatic nitrogens is 4. The largest absolute Gasteiger partial charge is 0.458 e. The molecule has 0 fully saturated rings. The second kappa shape index (κ2) is 2.35. The first-order valence-electron chi connectivity index (χ1n) is 2.49. The van der Waals surface area contributed by atoms with Gasteiger partial charge in [0.1, 0.15) is 0 Å². The minimum absolute atomic E-state index is 1.74. The van der Waals surface area contributed by atoms with E-state index in [2.05, 4.69) is 20.6 Å². The van der Waals surface area contributed by atoms with Crippen LogP contribution in [0.3, 0.4) is 0 Å². The average molecular weight is 187 g/mol. The van der Waals surface area contributed by atoms with Crippen LogP contribution in [-0.4, -0.2) is 21.7 Å². The van der Waals surface area contributed by atoms with E-state index < -0.39 is 17.9 Å². The standard InChI is InChI=1S/C3F5N4/c4-2(5,3(6,7)8)1-9-11-12-10-1/q-1. The number of rotatable bonds is 1. The zero-order valence-corrected chi connectivity index (χ0v) is 5.18. The molecule has 0 saturated heterocycles. The highest BCUT2D eigenvalue weighted by atomic mass is 19.4. The van der Waals surface area contributed by atoms with E-state index in [1.807, 2.05) is 0 Å². The number of hydrogen-bond acceptors (Lipinski definition) is 3. The number of halogens is 5. The second-order valence-electron chi connectivity index (χ2n) is 1.77. The molecule has 0 aliphatic carbocycles. The van der Waals surface area contributed by atoms with Crippen molar-refractivity contribution in [1.29, 1.82) is 0 Å². The fourth-order valence-electron chi connectivity index (χ4n) is 0.397. The number of hydrogen-bond donors (Lipinski definition) is 0. The highest BCUT2D eigenvalue weighted by Gasteiger charge is 2.58. The Morgan fingerprint density at radius 1 is 1.08 bits per heavy atom. The first-order valence-corrected chi connectivity index (χ1v) is 2.49. The van der Waals surface area contributed by atoms with E-state index >= 15 is 0 Å². The smallest absolute Gasteiger partial charge is 0.329 e. The lowest BCUT2D eigenvalue weighted by atomic mass is 10.3. The molecule has 9 heteroatoms. The number of tetrazole rings is 1. The summed E-state index contributed by atoms with van der Waals surface area (Å²) in [4.78, 5) is 0. The zero-order valence-electron chi connectivity index (χ0n) is 5.18. The van der Waals surface area contributed by atoms with Gasteiger partial charge in [0.25, 0.3) is 0 Å². The molecule has 0 amide bonds. The minimum atomic E-state index is -5.72. The number of alkyl halides is 5. The van der Waals surface area contributed by atoms with Crippen molar-refractivity contribution in [2.45, 2.75) is 12.1 Å². The van der Waals surface area contributed by atoms with E-state index in [4.69, 9.17) is 0 Å². The van der Waals surface area contributed by atoms with Gasteiger partial charge in [-0.2, -0.15) is 27.2 Å². The molecule has 0 bridgehead atoms. The van der Waals surface area contributed by atoms with Gasteiger partial charge in [0.2, 0.25) is 0 Å². The van der Waals surface area contributed by atoms with Crippen molar-refractivity contribution in [1.82, 2.24) is 20.6 Å². The van der Waals surface area contributed by atoms with Gasteiger partial charge < -0.3 is 5.10 Å². The Labute approximate surface area is 61.8 Å². The zero-order chi connectivity index (χ0) is 9.41. The fourth-order valence-corrected chi connectivity index (χ4v) is 0.397. The van der Waals surface area contributed by atoms with E-state index in [1.54, 1.807) is 0 Å². The molecular weight excluding hydrogens is 187 g/mol. The summed E-state index contributed by atoms with van der Waals surface area (Å²) in [5.41, 5.74) is 0. The van der Waals surface area contributed by atoms with Crippen LogP contribution in [0.1, 0.15) is 5.82 Å². The van der Waals surface area contributed by atoms with Gasteiger partial charge in [0.15, 0.2) is 0 Å². The molecule has 0 aliphatic heterocycles. The Bertz CT molecular complexity index is 250. The van der Waals surface area contributed by atoms with Crippen LogP contribution >= 0.6 is 0 Å². The van der Waals surface area contributed by atoms with E-state index in [0.717, 1.165) is 0 Å². The second-order valence-corrected chi connectivity index (χ2v) is 1.77. The van der Waals surface area contributed by atoms with Gasteiger partial charge in [-0.15, -0.1) is 0 Å². The molecule has 68 valence electrons. The van der Waals surface area contributed by atoms with E-state index in [0.29, 0.717) is 0 Å². The Morgan fingerprint density at radius 2 is 1.67 bits per heavy atom. The van der Waals surface area contributed by atoms with Crippen LogP contribution in [0, 0.1) is 0 Å². The first kappa shape index (κ1) is 8.81. The average Bonchev–Trinajstić information content (AvgIpc) is 2.34. The van der Waals surface area contributed by atoms with Crippen molar-refractivity contribution in [3.8, 4) is 0 Å². The molecule has 1 rings (SSSR count). The van der Waals surface area contributed by atoms with Gasteiger partial charge in [-0.25, -0.2) is 0 Å². The molecule has 0 radical (unpaired) electrons. The maximum absolute atomic E-state index is 12.2. The van der Waals surface area contributed by atoms with Gasteiger partial charge in [-0.1, -0.05) is 0 Å². The van der Waals surface area contributed by atoms with Crippen LogP contribution < -0.4 is 5.10 Å². The molecule has 0 atom stereocenters. The summed E-state index contributed by atoms with van der Waals surface area (Å²) in [5, 5.41) is 9.85. The monoisotopic (exact) mass is 187 g/mol. The predicted molar refractivity (Wildman–Crippen MR) is 23.1 cm³/mol. The normalized spacial score (nSPS) is 13.4. The minimum Gasteiger partial charge on any atom is -0.329 e. The maximum Gasteiger partial charge on any atom is 0.458 e. The van der Waals surface area contributed by atoms with Crippen LogP contribution in [0.4, 0.5) is 22.0 Å². The predicted octanol–water partition coefficient (Wildman–Crippen LogP) is 0.483. The van der Waals surface area contributed by atoms with E-state index in [1.165, 1.54) is 0 Å². The molecule has 0 saturated carbocycles. The SMILES string of the molecule is FC(F)(F)C(F)(F)c1nnn[n-]1. The summed E-state index contributed by atoms with van der Waals surface area (Å²) in [7, 11) is 0. The molecule has 0 aromatic carbocycles. The molecule has 1 aromatic heterocycles. The van der Waals surface area contributed by atoms with Crippen molar-refractivity contribution >= 4 is 0 Å². The Kier molecular flexibility index (Phi) is 1.73. The number of nitrogens with zero attached hydrogens (tertiary/aromatic N) is 4. The summed E-state index contributed by atoms with van der Waals surface area (Å²) >= 11 is 0. The molecule has 1 aromatic rings. The van der Waals surface area contributed by atoms with E-state index in [9.17, 15) is 22.0 Å². The lowest BCUT2D eigenvalue weighted by Crippen LogP contribution is -2.35. The Balaban J connectivity index is 3.02. The van der Waals surface area contributed by atoms with Gasteiger partial charge in [0.05, 0.1) is 5.82 Å². The van der Waals surface area contributed by atoms with Gasteiger partial charge in [-0.3, -0.25) is 10.3 Å². The van der Waals surface area contributed by atoms with Gasteiger partial charge in [0, 0.05) is 0 Å². The molecule has 0 aliphatic rings. The Morgan fingerprint density at radius 3 is 2.00 bits per heavy atom. The summed E-state index contributed by atoms with van der Waals surface area (Å²) in [5.74, 6) is -6.83. The highest BCUT2D eigenvalue weighted by Crippen LogP contribution is 2.41. The molecule has 0 spiro atoms. The summed E-state index contributed by atoms with van der Waals surface area (Å²) in [6, 6.07) is 0. The molecule has 0 N–H and O–H groups in total. The van der Waals surface area contributed by atoms with Crippen molar-refractivity contribution in [3.05, 3.63) is 5.82 Å². The summed E-state index contributed by atoms with van der Waals surface area (Å²) < 4.78 is 58.9. The Hall–Kier alpha value is -1.28. The quantitative estimate of drug-likeness (QED) is 0.600. The highest BCUT2D eigenvalue weighted by molar-refractivity contribution is 4.94. The third-order valence-corrected chi connectivity index (χ3v) is 0.956. The molecule has 0 unspecified atom stereocenters.